The van der Waals surface area contributed by atoms with E-state index in [0.29, 0.717) is 17.9 Å². The molecule has 0 saturated carbocycles. The number of carboxylic acid groups (broad SMARTS) is 1. The molecule has 2 aromatic rings. The number of nitriles is 1. The van der Waals surface area contributed by atoms with Crippen LogP contribution in [0.2, 0.25) is 0 Å². The van der Waals surface area contributed by atoms with E-state index in [1.54, 1.807) is 30.3 Å². The monoisotopic (exact) mass is 357 g/mol. The molecular weight excluding hydrogens is 346 g/mol. The number of benzene rings is 2. The molecule has 5 heteroatoms. The molecule has 0 bridgehead atoms. The zero-order chi connectivity index (χ0) is 15.9. The van der Waals surface area contributed by atoms with Gasteiger partial charge >= 0.3 is 5.97 Å². The minimum absolute atomic E-state index is 0.302. The Labute approximate surface area is 136 Å². The van der Waals surface area contributed by atoms with E-state index in [1.807, 2.05) is 24.3 Å². The second-order valence-corrected chi connectivity index (χ2v) is 5.37. The molecule has 4 nitrogen and oxygen atoms in total. The molecule has 0 fully saturated rings. The van der Waals surface area contributed by atoms with Gasteiger partial charge < -0.3 is 9.84 Å². The smallest absolute Gasteiger partial charge is 0.346 e. The number of ether oxygens (including phenoxy) is 1. The lowest BCUT2D eigenvalue weighted by Gasteiger charge is -2.06. The van der Waals surface area contributed by atoms with E-state index in [1.165, 1.54) is 6.08 Å². The number of nitrogens with zero attached hydrogens (tertiary/aromatic N) is 1. The van der Waals surface area contributed by atoms with Gasteiger partial charge in [0.15, 0.2) is 0 Å². The van der Waals surface area contributed by atoms with Gasteiger partial charge in [-0.1, -0.05) is 40.2 Å². The summed E-state index contributed by atoms with van der Waals surface area (Å²) in [6, 6.07) is 16.4. The van der Waals surface area contributed by atoms with Crippen molar-refractivity contribution in [2.75, 3.05) is 0 Å². The van der Waals surface area contributed by atoms with Gasteiger partial charge in [-0.3, -0.25) is 0 Å². The van der Waals surface area contributed by atoms with Crippen molar-refractivity contribution in [3.05, 3.63) is 69.7 Å². The number of carbonyl (C=O) groups is 1. The lowest BCUT2D eigenvalue weighted by molar-refractivity contribution is -0.132. The molecule has 1 N–H and O–H groups in total. The first kappa shape index (κ1) is 15.8. The Morgan fingerprint density at radius 3 is 2.36 bits per heavy atom. The van der Waals surface area contributed by atoms with E-state index >= 15 is 0 Å². The molecule has 0 amide bonds. The molecule has 0 saturated heterocycles. The maximum absolute atomic E-state index is 10.8. The van der Waals surface area contributed by atoms with Crippen LogP contribution >= 0.6 is 15.9 Å². The lowest BCUT2D eigenvalue weighted by atomic mass is 10.1. The Balaban J connectivity index is 2.02. The fourth-order valence-electron chi connectivity index (χ4n) is 1.72. The van der Waals surface area contributed by atoms with Gasteiger partial charge in [-0.15, -0.1) is 0 Å². The molecule has 110 valence electrons. The third kappa shape index (κ3) is 4.47. The van der Waals surface area contributed by atoms with Crippen LogP contribution in [-0.4, -0.2) is 11.1 Å². The van der Waals surface area contributed by atoms with Crippen molar-refractivity contribution < 1.29 is 14.6 Å². The third-order valence-corrected chi connectivity index (χ3v) is 3.39. The highest BCUT2D eigenvalue weighted by molar-refractivity contribution is 9.10. The number of hydrogen-bond acceptors (Lipinski definition) is 3. The molecule has 0 aromatic heterocycles. The fraction of sp³-hybridized carbons (Fsp3) is 0.0588. The molecule has 0 aliphatic rings. The molecule has 2 aromatic carbocycles. The summed E-state index contributed by atoms with van der Waals surface area (Å²) in [5.41, 5.74) is 1.38. The van der Waals surface area contributed by atoms with Gasteiger partial charge in [-0.05, 0) is 41.5 Å². The Hall–Kier alpha value is -2.58. The maximum Gasteiger partial charge on any atom is 0.346 e. The van der Waals surface area contributed by atoms with Crippen LogP contribution in [0.1, 0.15) is 11.1 Å². The van der Waals surface area contributed by atoms with Crippen LogP contribution in [0.25, 0.3) is 6.08 Å². The number of halogens is 1. The van der Waals surface area contributed by atoms with E-state index in [4.69, 9.17) is 15.1 Å². The van der Waals surface area contributed by atoms with Crippen LogP contribution in [-0.2, 0) is 11.4 Å². The first-order valence-electron chi connectivity index (χ1n) is 6.41. The molecule has 0 atom stereocenters. The van der Waals surface area contributed by atoms with Crippen molar-refractivity contribution in [2.45, 2.75) is 6.61 Å². The molecular formula is C17H12BrNO3. The second-order valence-electron chi connectivity index (χ2n) is 4.46. The molecule has 0 heterocycles. The molecule has 0 aliphatic heterocycles. The maximum atomic E-state index is 10.8. The van der Waals surface area contributed by atoms with Crippen LogP contribution in [0.5, 0.6) is 5.75 Å². The normalized spacial score (nSPS) is 10.8. The van der Waals surface area contributed by atoms with Crippen LogP contribution in [0.4, 0.5) is 0 Å². The molecule has 0 unspecified atom stereocenters. The molecule has 0 aliphatic carbocycles. The minimum atomic E-state index is -1.24. The Morgan fingerprint density at radius 2 is 1.82 bits per heavy atom. The van der Waals surface area contributed by atoms with Crippen LogP contribution < -0.4 is 4.74 Å². The van der Waals surface area contributed by atoms with Gasteiger partial charge in [0.25, 0.3) is 0 Å². The number of hydrogen-bond donors (Lipinski definition) is 1. The summed E-state index contributed by atoms with van der Waals surface area (Å²) in [4.78, 5) is 10.8. The largest absolute Gasteiger partial charge is 0.489 e. The summed E-state index contributed by atoms with van der Waals surface area (Å²) in [6.45, 7) is 0.445. The number of carboxylic acids is 1. The fourth-order valence-corrected chi connectivity index (χ4v) is 1.98. The van der Waals surface area contributed by atoms with Crippen molar-refractivity contribution in [1.82, 2.24) is 0 Å². The summed E-state index contributed by atoms with van der Waals surface area (Å²) in [5, 5.41) is 17.5. The molecule has 22 heavy (non-hydrogen) atoms. The molecule has 0 radical (unpaired) electrons. The number of aliphatic carboxylic acids is 1. The van der Waals surface area contributed by atoms with E-state index in [2.05, 4.69) is 15.9 Å². The minimum Gasteiger partial charge on any atom is -0.489 e. The van der Waals surface area contributed by atoms with Gasteiger partial charge in [0.2, 0.25) is 0 Å². The van der Waals surface area contributed by atoms with E-state index in [9.17, 15) is 4.79 Å². The quantitative estimate of drug-likeness (QED) is 0.647. The second kappa shape index (κ2) is 7.43. The topological polar surface area (TPSA) is 70.3 Å². The van der Waals surface area contributed by atoms with Crippen molar-refractivity contribution >= 4 is 28.0 Å². The average Bonchev–Trinajstić information content (AvgIpc) is 2.53. The highest BCUT2D eigenvalue weighted by Gasteiger charge is 2.05. The Morgan fingerprint density at radius 1 is 1.18 bits per heavy atom. The van der Waals surface area contributed by atoms with Crippen molar-refractivity contribution in [2.24, 2.45) is 0 Å². The highest BCUT2D eigenvalue weighted by Crippen LogP contribution is 2.17. The number of rotatable bonds is 5. The van der Waals surface area contributed by atoms with Gasteiger partial charge in [0.1, 0.15) is 24.0 Å². The van der Waals surface area contributed by atoms with Crippen molar-refractivity contribution in [1.29, 1.82) is 5.26 Å². The summed E-state index contributed by atoms with van der Waals surface area (Å²) >= 11 is 3.37. The van der Waals surface area contributed by atoms with E-state index < -0.39 is 5.97 Å². The predicted octanol–water partition coefficient (Wildman–Crippen LogP) is 4.02. The molecule has 0 spiro atoms. The summed E-state index contributed by atoms with van der Waals surface area (Å²) in [6.07, 6.45) is 1.32. The SMILES string of the molecule is N#C/C(=C\c1ccc(OCc2ccc(Br)cc2)cc1)C(=O)O. The zero-order valence-electron chi connectivity index (χ0n) is 11.5. The van der Waals surface area contributed by atoms with E-state index in [0.717, 1.165) is 10.0 Å². The van der Waals surface area contributed by atoms with Crippen LogP contribution in [0.15, 0.2) is 58.6 Å². The van der Waals surface area contributed by atoms with Crippen LogP contribution in [0, 0.1) is 11.3 Å². The van der Waals surface area contributed by atoms with E-state index in [-0.39, 0.29) is 5.57 Å². The standard InChI is InChI=1S/C17H12BrNO3/c18-15-5-1-13(2-6-15)11-22-16-7-3-12(4-8-16)9-14(10-19)17(20)21/h1-9H,11H2,(H,20,21)/b14-9+. The highest BCUT2D eigenvalue weighted by atomic mass is 79.9. The predicted molar refractivity (Wildman–Crippen MR) is 86.1 cm³/mol. The zero-order valence-corrected chi connectivity index (χ0v) is 13.1. The van der Waals surface area contributed by atoms with Gasteiger partial charge in [-0.25, -0.2) is 4.79 Å². The van der Waals surface area contributed by atoms with Gasteiger partial charge in [0.05, 0.1) is 0 Å². The summed E-state index contributed by atoms with van der Waals surface area (Å²) < 4.78 is 6.66. The third-order valence-electron chi connectivity index (χ3n) is 2.86. The van der Waals surface area contributed by atoms with Crippen molar-refractivity contribution in [3.8, 4) is 11.8 Å². The van der Waals surface area contributed by atoms with Crippen LogP contribution in [0.3, 0.4) is 0 Å². The van der Waals surface area contributed by atoms with Gasteiger partial charge in [0, 0.05) is 4.47 Å². The summed E-state index contributed by atoms with van der Waals surface area (Å²) in [5.74, 6) is -0.563. The lowest BCUT2D eigenvalue weighted by Crippen LogP contribution is -1.97. The Bertz CT molecular complexity index is 728. The first-order chi connectivity index (χ1) is 10.6. The van der Waals surface area contributed by atoms with Gasteiger partial charge in [-0.2, -0.15) is 5.26 Å². The van der Waals surface area contributed by atoms with Crippen molar-refractivity contribution in [3.63, 3.8) is 0 Å². The summed E-state index contributed by atoms with van der Waals surface area (Å²) in [7, 11) is 0. The average molecular weight is 358 g/mol. The molecule has 2 rings (SSSR count). The Kier molecular flexibility index (Phi) is 5.34. The first-order valence-corrected chi connectivity index (χ1v) is 7.20.